The lowest BCUT2D eigenvalue weighted by Gasteiger charge is -2.18. The van der Waals surface area contributed by atoms with E-state index < -0.39 is 0 Å². The second-order valence-electron chi connectivity index (χ2n) is 4.79. The molecule has 1 aromatic carbocycles. The van der Waals surface area contributed by atoms with E-state index in [0.29, 0.717) is 19.0 Å². The van der Waals surface area contributed by atoms with Crippen molar-refractivity contribution in [2.24, 2.45) is 0 Å². The number of methoxy groups -OCH3 is 1. The summed E-state index contributed by atoms with van der Waals surface area (Å²) in [6.45, 7) is 5.15. The van der Waals surface area contributed by atoms with Gasteiger partial charge in [-0.25, -0.2) is 0 Å². The van der Waals surface area contributed by atoms with Crippen molar-refractivity contribution >= 4 is 0 Å². The van der Waals surface area contributed by atoms with Crippen molar-refractivity contribution in [2.45, 2.75) is 32.2 Å². The van der Waals surface area contributed by atoms with Crippen LogP contribution < -0.4 is 5.32 Å². The molecule has 1 unspecified atom stereocenters. The zero-order chi connectivity index (χ0) is 14.6. The van der Waals surface area contributed by atoms with Crippen LogP contribution in [0.2, 0.25) is 0 Å². The van der Waals surface area contributed by atoms with E-state index in [1.165, 1.54) is 0 Å². The molecular formula is C16H27NO3. The number of phenols is 1. The van der Waals surface area contributed by atoms with Crippen molar-refractivity contribution in [2.75, 3.05) is 33.5 Å². The van der Waals surface area contributed by atoms with Crippen molar-refractivity contribution in [3.63, 3.8) is 0 Å². The molecule has 0 fully saturated rings. The van der Waals surface area contributed by atoms with E-state index in [-0.39, 0.29) is 6.04 Å². The highest BCUT2D eigenvalue weighted by Gasteiger charge is 2.11. The number of aromatic hydroxyl groups is 1. The average Bonchev–Trinajstić information content (AvgIpc) is 2.47. The van der Waals surface area contributed by atoms with Crippen molar-refractivity contribution < 1.29 is 14.6 Å². The molecule has 4 heteroatoms. The highest BCUT2D eigenvalue weighted by atomic mass is 16.5. The van der Waals surface area contributed by atoms with E-state index >= 15 is 0 Å². The minimum atomic E-state index is 0.214. The Labute approximate surface area is 122 Å². The van der Waals surface area contributed by atoms with Gasteiger partial charge in [-0.3, -0.25) is 0 Å². The molecule has 0 aliphatic rings. The third kappa shape index (κ3) is 6.37. The van der Waals surface area contributed by atoms with Crippen LogP contribution in [-0.4, -0.2) is 38.6 Å². The first-order valence-electron chi connectivity index (χ1n) is 7.37. The number of benzene rings is 1. The lowest BCUT2D eigenvalue weighted by atomic mass is 10.0. The van der Waals surface area contributed by atoms with Gasteiger partial charge in [0.1, 0.15) is 5.75 Å². The number of ether oxygens (including phenoxy) is 2. The Balaban J connectivity index is 2.18. The molecule has 0 saturated carbocycles. The minimum Gasteiger partial charge on any atom is -0.508 e. The van der Waals surface area contributed by atoms with Crippen LogP contribution in [0.25, 0.3) is 0 Å². The minimum absolute atomic E-state index is 0.214. The molecular weight excluding hydrogens is 254 g/mol. The Bertz CT molecular complexity index is 357. The van der Waals surface area contributed by atoms with Crippen molar-refractivity contribution in [1.29, 1.82) is 0 Å². The van der Waals surface area contributed by atoms with Crippen LogP contribution in [0, 0.1) is 0 Å². The van der Waals surface area contributed by atoms with E-state index in [1.54, 1.807) is 13.2 Å². The van der Waals surface area contributed by atoms with Crippen molar-refractivity contribution in [3.05, 3.63) is 29.8 Å². The number of phenolic OH excluding ortho intramolecular Hbond substituents is 1. The van der Waals surface area contributed by atoms with Crippen LogP contribution in [-0.2, 0) is 9.47 Å². The molecule has 0 heterocycles. The SMILES string of the molecule is CCC(NCCCCOCCOC)c1ccccc1O. The Morgan fingerprint density at radius 3 is 2.65 bits per heavy atom. The lowest BCUT2D eigenvalue weighted by molar-refractivity contribution is 0.0687. The molecule has 0 spiro atoms. The first kappa shape index (κ1) is 17.0. The highest BCUT2D eigenvalue weighted by molar-refractivity contribution is 5.34. The molecule has 0 radical (unpaired) electrons. The quantitative estimate of drug-likeness (QED) is 0.612. The monoisotopic (exact) mass is 281 g/mol. The van der Waals surface area contributed by atoms with Gasteiger partial charge in [0.25, 0.3) is 0 Å². The molecule has 0 aliphatic carbocycles. The summed E-state index contributed by atoms with van der Waals surface area (Å²) in [5, 5.41) is 13.4. The first-order chi connectivity index (χ1) is 9.79. The van der Waals surface area contributed by atoms with Gasteiger partial charge in [-0.05, 0) is 31.9 Å². The molecule has 1 aromatic rings. The number of nitrogens with one attached hydrogen (secondary N) is 1. The molecule has 1 atom stereocenters. The summed E-state index contributed by atoms with van der Waals surface area (Å²) in [4.78, 5) is 0. The molecule has 0 bridgehead atoms. The average molecular weight is 281 g/mol. The summed E-state index contributed by atoms with van der Waals surface area (Å²) in [7, 11) is 1.68. The maximum atomic E-state index is 9.86. The zero-order valence-corrected chi connectivity index (χ0v) is 12.6. The van der Waals surface area contributed by atoms with Crippen LogP contribution in [0.5, 0.6) is 5.75 Å². The van der Waals surface area contributed by atoms with Gasteiger partial charge in [-0.1, -0.05) is 25.1 Å². The molecule has 0 aliphatic heterocycles. The largest absolute Gasteiger partial charge is 0.508 e. The maximum Gasteiger partial charge on any atom is 0.120 e. The van der Waals surface area contributed by atoms with Crippen LogP contribution in [0.15, 0.2) is 24.3 Å². The third-order valence-corrected chi connectivity index (χ3v) is 3.26. The number of unbranched alkanes of at least 4 members (excludes halogenated alkanes) is 1. The first-order valence-corrected chi connectivity index (χ1v) is 7.37. The second kappa shape index (κ2) is 10.7. The molecule has 20 heavy (non-hydrogen) atoms. The fraction of sp³-hybridized carbons (Fsp3) is 0.625. The number of hydrogen-bond donors (Lipinski definition) is 2. The van der Waals surface area contributed by atoms with Gasteiger partial charge in [-0.2, -0.15) is 0 Å². The fourth-order valence-corrected chi connectivity index (χ4v) is 2.11. The summed E-state index contributed by atoms with van der Waals surface area (Å²) in [6, 6.07) is 7.74. The second-order valence-corrected chi connectivity index (χ2v) is 4.79. The smallest absolute Gasteiger partial charge is 0.120 e. The van der Waals surface area contributed by atoms with E-state index in [0.717, 1.165) is 38.0 Å². The molecule has 0 saturated heterocycles. The highest BCUT2D eigenvalue weighted by Crippen LogP contribution is 2.25. The Morgan fingerprint density at radius 2 is 1.95 bits per heavy atom. The van der Waals surface area contributed by atoms with E-state index in [4.69, 9.17) is 9.47 Å². The molecule has 2 N–H and O–H groups in total. The number of para-hydroxylation sites is 1. The Hall–Kier alpha value is -1.10. The van der Waals surface area contributed by atoms with Crippen LogP contribution in [0.1, 0.15) is 37.8 Å². The van der Waals surface area contributed by atoms with Gasteiger partial charge in [-0.15, -0.1) is 0 Å². The van der Waals surface area contributed by atoms with Crippen LogP contribution in [0.3, 0.4) is 0 Å². The van der Waals surface area contributed by atoms with Gasteiger partial charge in [0, 0.05) is 25.3 Å². The third-order valence-electron chi connectivity index (χ3n) is 3.26. The van der Waals surface area contributed by atoms with Gasteiger partial charge >= 0.3 is 0 Å². The Morgan fingerprint density at radius 1 is 1.15 bits per heavy atom. The summed E-state index contributed by atoms with van der Waals surface area (Å²) in [5.41, 5.74) is 0.978. The van der Waals surface area contributed by atoms with Crippen LogP contribution >= 0.6 is 0 Å². The molecule has 114 valence electrons. The molecule has 0 aromatic heterocycles. The van der Waals surface area contributed by atoms with E-state index in [1.807, 2.05) is 18.2 Å². The van der Waals surface area contributed by atoms with Gasteiger partial charge in [0.2, 0.25) is 0 Å². The normalized spacial score (nSPS) is 12.5. The zero-order valence-electron chi connectivity index (χ0n) is 12.6. The predicted octanol–water partition coefficient (Wildman–Crippen LogP) is 2.88. The standard InChI is InChI=1S/C16H27NO3/c1-3-15(14-8-4-5-9-16(14)18)17-10-6-7-11-20-13-12-19-2/h4-5,8-9,15,17-18H,3,6-7,10-13H2,1-2H3. The summed E-state index contributed by atoms with van der Waals surface area (Å²) in [5.74, 6) is 0.370. The number of hydrogen-bond acceptors (Lipinski definition) is 4. The van der Waals surface area contributed by atoms with Gasteiger partial charge < -0.3 is 19.9 Å². The summed E-state index contributed by atoms with van der Waals surface area (Å²) in [6.07, 6.45) is 3.06. The van der Waals surface area contributed by atoms with Gasteiger partial charge in [0.05, 0.1) is 13.2 Å². The topological polar surface area (TPSA) is 50.7 Å². The van der Waals surface area contributed by atoms with Gasteiger partial charge in [0.15, 0.2) is 0 Å². The van der Waals surface area contributed by atoms with E-state index in [9.17, 15) is 5.11 Å². The Kier molecular flexibility index (Phi) is 9.04. The molecule has 1 rings (SSSR count). The lowest BCUT2D eigenvalue weighted by Crippen LogP contribution is -2.22. The molecule has 4 nitrogen and oxygen atoms in total. The predicted molar refractivity (Wildman–Crippen MR) is 81.1 cm³/mol. The van der Waals surface area contributed by atoms with Crippen LogP contribution in [0.4, 0.5) is 0 Å². The summed E-state index contributed by atoms with van der Waals surface area (Å²) < 4.78 is 10.3. The van der Waals surface area contributed by atoms with Crippen molar-refractivity contribution in [3.8, 4) is 5.75 Å². The summed E-state index contributed by atoms with van der Waals surface area (Å²) >= 11 is 0. The fourth-order valence-electron chi connectivity index (χ4n) is 2.11. The maximum absolute atomic E-state index is 9.86. The number of rotatable bonds is 11. The van der Waals surface area contributed by atoms with Crippen molar-refractivity contribution in [1.82, 2.24) is 5.32 Å². The van der Waals surface area contributed by atoms with E-state index in [2.05, 4.69) is 12.2 Å². The molecule has 0 amide bonds.